The summed E-state index contributed by atoms with van der Waals surface area (Å²) in [5, 5.41) is 2.67. The summed E-state index contributed by atoms with van der Waals surface area (Å²) in [5.74, 6) is 0.327. The number of ether oxygens (including phenoxy) is 2. The van der Waals surface area contributed by atoms with E-state index in [9.17, 15) is 13.2 Å². The first-order valence-corrected chi connectivity index (χ1v) is 11.9. The van der Waals surface area contributed by atoms with Crippen LogP contribution in [0.3, 0.4) is 0 Å². The molecule has 1 saturated carbocycles. The van der Waals surface area contributed by atoms with Gasteiger partial charge in [-0.2, -0.15) is 0 Å². The highest BCUT2D eigenvalue weighted by Gasteiger charge is 2.30. The molecule has 1 fully saturated rings. The van der Waals surface area contributed by atoms with E-state index >= 15 is 0 Å². The first kappa shape index (κ1) is 22.4. The SMILES string of the molecule is CCCOc1c(Cl)cc(C(=O)Nc2cccc(S(=O)(=O)C3CCCC3)c2)cc1OC. The zero-order chi connectivity index (χ0) is 21.7. The Morgan fingerprint density at radius 3 is 2.60 bits per heavy atom. The van der Waals surface area contributed by atoms with Gasteiger partial charge in [-0.1, -0.05) is 37.4 Å². The van der Waals surface area contributed by atoms with Crippen LogP contribution in [0.15, 0.2) is 41.3 Å². The highest BCUT2D eigenvalue weighted by Crippen LogP contribution is 2.37. The van der Waals surface area contributed by atoms with Crippen LogP contribution >= 0.6 is 11.6 Å². The van der Waals surface area contributed by atoms with E-state index in [4.69, 9.17) is 21.1 Å². The maximum Gasteiger partial charge on any atom is 0.255 e. The Kier molecular flexibility index (Phi) is 7.26. The molecule has 0 atom stereocenters. The van der Waals surface area contributed by atoms with Gasteiger partial charge >= 0.3 is 0 Å². The van der Waals surface area contributed by atoms with Gasteiger partial charge in [-0.3, -0.25) is 4.79 Å². The summed E-state index contributed by atoms with van der Waals surface area (Å²) in [4.78, 5) is 13.0. The molecule has 6 nitrogen and oxygen atoms in total. The van der Waals surface area contributed by atoms with Crippen molar-refractivity contribution in [3.05, 3.63) is 47.0 Å². The van der Waals surface area contributed by atoms with Crippen molar-refractivity contribution in [2.45, 2.75) is 49.2 Å². The lowest BCUT2D eigenvalue weighted by Crippen LogP contribution is -2.18. The predicted octanol–water partition coefficient (Wildman–Crippen LogP) is 5.11. The highest BCUT2D eigenvalue weighted by atomic mass is 35.5. The number of halogens is 1. The zero-order valence-electron chi connectivity index (χ0n) is 17.1. The molecule has 0 bridgehead atoms. The highest BCUT2D eigenvalue weighted by molar-refractivity contribution is 7.92. The molecule has 1 N–H and O–H groups in total. The zero-order valence-corrected chi connectivity index (χ0v) is 18.7. The van der Waals surface area contributed by atoms with Crippen LogP contribution in [0.1, 0.15) is 49.4 Å². The molecule has 1 aliphatic carbocycles. The van der Waals surface area contributed by atoms with Crippen molar-refractivity contribution in [1.82, 2.24) is 0 Å². The van der Waals surface area contributed by atoms with Crippen LogP contribution in [0.5, 0.6) is 11.5 Å². The van der Waals surface area contributed by atoms with Gasteiger partial charge in [0.15, 0.2) is 21.3 Å². The fourth-order valence-electron chi connectivity index (χ4n) is 3.54. The largest absolute Gasteiger partial charge is 0.493 e. The maximum atomic E-state index is 12.8. The summed E-state index contributed by atoms with van der Waals surface area (Å²) >= 11 is 6.29. The Labute approximate surface area is 182 Å². The van der Waals surface area contributed by atoms with Crippen LogP contribution < -0.4 is 14.8 Å². The van der Waals surface area contributed by atoms with Crippen molar-refractivity contribution >= 4 is 33.0 Å². The van der Waals surface area contributed by atoms with E-state index in [0.717, 1.165) is 19.3 Å². The number of carbonyl (C=O) groups is 1. The molecule has 8 heteroatoms. The number of hydrogen-bond acceptors (Lipinski definition) is 5. The number of rotatable bonds is 8. The van der Waals surface area contributed by atoms with Gasteiger partial charge in [-0.05, 0) is 49.6 Å². The minimum atomic E-state index is -3.40. The lowest BCUT2D eigenvalue weighted by molar-refractivity contribution is 0.102. The Balaban J connectivity index is 1.82. The molecule has 0 unspecified atom stereocenters. The van der Waals surface area contributed by atoms with Crippen LogP contribution in [0.4, 0.5) is 5.69 Å². The van der Waals surface area contributed by atoms with Gasteiger partial charge in [0.05, 0.1) is 28.9 Å². The average molecular weight is 452 g/mol. The van der Waals surface area contributed by atoms with Crippen LogP contribution in [-0.4, -0.2) is 33.3 Å². The second kappa shape index (κ2) is 9.71. The van der Waals surface area contributed by atoms with E-state index in [2.05, 4.69) is 5.32 Å². The van der Waals surface area contributed by atoms with E-state index in [1.165, 1.54) is 19.2 Å². The quantitative estimate of drug-likeness (QED) is 0.603. The molecule has 0 aromatic heterocycles. The summed E-state index contributed by atoms with van der Waals surface area (Å²) in [6, 6.07) is 9.41. The number of carbonyl (C=O) groups excluding carboxylic acids is 1. The van der Waals surface area contributed by atoms with Crippen molar-refractivity contribution in [3.63, 3.8) is 0 Å². The molecule has 162 valence electrons. The molecule has 2 aromatic carbocycles. The third-order valence-corrected chi connectivity index (χ3v) is 7.64. The normalized spacial score (nSPS) is 14.5. The third kappa shape index (κ3) is 4.90. The van der Waals surface area contributed by atoms with E-state index in [0.29, 0.717) is 36.6 Å². The van der Waals surface area contributed by atoms with E-state index in [1.807, 2.05) is 6.92 Å². The summed E-state index contributed by atoms with van der Waals surface area (Å²) in [5.41, 5.74) is 0.685. The van der Waals surface area contributed by atoms with Crippen molar-refractivity contribution in [3.8, 4) is 11.5 Å². The molecule has 0 saturated heterocycles. The summed E-state index contributed by atoms with van der Waals surface area (Å²) in [6.07, 6.45) is 4.04. The van der Waals surface area contributed by atoms with Gasteiger partial charge in [0, 0.05) is 11.3 Å². The monoisotopic (exact) mass is 451 g/mol. The smallest absolute Gasteiger partial charge is 0.255 e. The van der Waals surface area contributed by atoms with E-state index in [-0.39, 0.29) is 20.7 Å². The summed E-state index contributed by atoms with van der Waals surface area (Å²) in [7, 11) is -1.93. The molecule has 0 spiro atoms. The Morgan fingerprint density at radius 1 is 1.20 bits per heavy atom. The fourth-order valence-corrected chi connectivity index (χ4v) is 5.70. The number of amides is 1. The lowest BCUT2D eigenvalue weighted by Gasteiger charge is -2.15. The van der Waals surface area contributed by atoms with Crippen LogP contribution in [0, 0.1) is 0 Å². The van der Waals surface area contributed by atoms with Gasteiger partial charge in [-0.25, -0.2) is 8.42 Å². The number of nitrogens with one attached hydrogen (secondary N) is 1. The first-order valence-electron chi connectivity index (χ1n) is 10.0. The topological polar surface area (TPSA) is 81.7 Å². The van der Waals surface area contributed by atoms with Crippen LogP contribution in [0.25, 0.3) is 0 Å². The second-order valence-corrected chi connectivity index (χ2v) is 9.91. The van der Waals surface area contributed by atoms with Crippen molar-refractivity contribution < 1.29 is 22.7 Å². The Hall–Kier alpha value is -2.25. The molecule has 1 amide bonds. The first-order chi connectivity index (χ1) is 14.4. The number of sulfone groups is 1. The molecule has 0 aliphatic heterocycles. The predicted molar refractivity (Wildman–Crippen MR) is 118 cm³/mol. The van der Waals surface area contributed by atoms with E-state index < -0.39 is 15.7 Å². The number of hydrogen-bond donors (Lipinski definition) is 1. The minimum absolute atomic E-state index is 0.228. The standard InChI is InChI=1S/C22H26ClNO5S/c1-3-11-29-21-19(23)12-15(13-20(21)28-2)22(25)24-16-7-6-10-18(14-16)30(26,27)17-8-4-5-9-17/h6-7,10,12-14,17H,3-5,8-9,11H2,1-2H3,(H,24,25). The average Bonchev–Trinajstić information content (AvgIpc) is 3.28. The van der Waals surface area contributed by atoms with E-state index in [1.54, 1.807) is 24.3 Å². The van der Waals surface area contributed by atoms with Gasteiger partial charge in [0.2, 0.25) is 0 Å². The molecule has 30 heavy (non-hydrogen) atoms. The molecule has 0 heterocycles. The number of benzene rings is 2. The van der Waals surface area contributed by atoms with Crippen molar-refractivity contribution in [1.29, 1.82) is 0 Å². The lowest BCUT2D eigenvalue weighted by atomic mass is 10.1. The molecule has 0 radical (unpaired) electrons. The molecular weight excluding hydrogens is 426 g/mol. The van der Waals surface area contributed by atoms with Crippen molar-refractivity contribution in [2.24, 2.45) is 0 Å². The van der Waals surface area contributed by atoms with Crippen LogP contribution in [-0.2, 0) is 9.84 Å². The Morgan fingerprint density at radius 2 is 1.93 bits per heavy atom. The summed E-state index contributed by atoms with van der Waals surface area (Å²) in [6.45, 7) is 2.45. The molecular formula is C22H26ClNO5S. The molecule has 2 aromatic rings. The second-order valence-electron chi connectivity index (χ2n) is 7.27. The fraction of sp³-hybridized carbons (Fsp3) is 0.409. The van der Waals surface area contributed by atoms with Gasteiger partial charge in [0.25, 0.3) is 5.91 Å². The minimum Gasteiger partial charge on any atom is -0.493 e. The Bertz CT molecular complexity index is 1020. The molecule has 3 rings (SSSR count). The van der Waals surface area contributed by atoms with Gasteiger partial charge < -0.3 is 14.8 Å². The van der Waals surface area contributed by atoms with Gasteiger partial charge in [0.1, 0.15) is 0 Å². The third-order valence-electron chi connectivity index (χ3n) is 5.10. The summed E-state index contributed by atoms with van der Waals surface area (Å²) < 4.78 is 36.6. The van der Waals surface area contributed by atoms with Gasteiger partial charge in [-0.15, -0.1) is 0 Å². The molecule has 1 aliphatic rings. The maximum absolute atomic E-state index is 12.8. The number of anilines is 1. The number of methoxy groups -OCH3 is 1. The van der Waals surface area contributed by atoms with Crippen molar-refractivity contribution in [2.75, 3.05) is 19.0 Å². The van der Waals surface area contributed by atoms with Crippen LogP contribution in [0.2, 0.25) is 5.02 Å².